The third kappa shape index (κ3) is 3.35. The van der Waals surface area contributed by atoms with Crippen molar-refractivity contribution in [2.75, 3.05) is 19.6 Å². The normalized spacial score (nSPS) is 18.5. The van der Waals surface area contributed by atoms with Crippen molar-refractivity contribution >= 4 is 0 Å². The van der Waals surface area contributed by atoms with Crippen LogP contribution in [0.25, 0.3) is 0 Å². The van der Waals surface area contributed by atoms with Crippen LogP contribution in [0, 0.1) is 11.3 Å². The number of fused-ring (bicyclic) bond motifs is 1. The van der Waals surface area contributed by atoms with Crippen molar-refractivity contribution in [2.45, 2.75) is 39.0 Å². The van der Waals surface area contributed by atoms with Crippen LogP contribution in [-0.2, 0) is 26.2 Å². The molecule has 0 atom stereocenters. The molecule has 5 heteroatoms. The zero-order valence-electron chi connectivity index (χ0n) is 14.0. The minimum Gasteiger partial charge on any atom is -0.332 e. The summed E-state index contributed by atoms with van der Waals surface area (Å²) < 4.78 is 2.31. The highest BCUT2D eigenvalue weighted by atomic mass is 15.2. The Balaban J connectivity index is 1.41. The number of hydrogen-bond donors (Lipinski definition) is 0. The number of likely N-dealkylation sites (tertiary alicyclic amines) is 1. The van der Waals surface area contributed by atoms with Crippen molar-refractivity contribution in [3.05, 3.63) is 53.1 Å². The van der Waals surface area contributed by atoms with Gasteiger partial charge in [0, 0.05) is 32.4 Å². The monoisotopic (exact) mass is 321 g/mol. The Morgan fingerprint density at radius 3 is 2.75 bits per heavy atom. The second-order valence-corrected chi connectivity index (χ2v) is 6.85. The molecular weight excluding hydrogens is 298 g/mol. The molecule has 2 aliphatic rings. The van der Waals surface area contributed by atoms with E-state index in [0.717, 1.165) is 38.3 Å². The van der Waals surface area contributed by atoms with Gasteiger partial charge in [0.1, 0.15) is 5.82 Å². The van der Waals surface area contributed by atoms with Gasteiger partial charge in [-0.15, -0.1) is 0 Å². The number of aromatic nitrogens is 2. The maximum Gasteiger partial charge on any atom is 0.123 e. The molecule has 0 radical (unpaired) electrons. The van der Waals surface area contributed by atoms with Gasteiger partial charge < -0.3 is 4.57 Å². The molecule has 2 aliphatic heterocycles. The summed E-state index contributed by atoms with van der Waals surface area (Å²) in [6.07, 6.45) is 4.88. The summed E-state index contributed by atoms with van der Waals surface area (Å²) in [4.78, 5) is 9.78. The highest BCUT2D eigenvalue weighted by molar-refractivity contribution is 5.32. The number of nitrogens with zero attached hydrogens (tertiary/aromatic N) is 5. The second kappa shape index (κ2) is 6.76. The first-order valence-corrected chi connectivity index (χ1v) is 8.79. The lowest BCUT2D eigenvalue weighted by Gasteiger charge is -2.27. The van der Waals surface area contributed by atoms with E-state index in [-0.39, 0.29) is 0 Å². The van der Waals surface area contributed by atoms with Gasteiger partial charge in [-0.3, -0.25) is 9.80 Å². The van der Waals surface area contributed by atoms with Gasteiger partial charge in [0.25, 0.3) is 0 Å². The largest absolute Gasteiger partial charge is 0.332 e. The first kappa shape index (κ1) is 15.4. The summed E-state index contributed by atoms with van der Waals surface area (Å²) in [5.41, 5.74) is 3.14. The van der Waals surface area contributed by atoms with Crippen molar-refractivity contribution in [2.24, 2.45) is 0 Å². The summed E-state index contributed by atoms with van der Waals surface area (Å²) >= 11 is 0. The molecule has 0 saturated carbocycles. The van der Waals surface area contributed by atoms with Crippen LogP contribution >= 0.6 is 0 Å². The molecule has 24 heavy (non-hydrogen) atoms. The molecule has 1 fully saturated rings. The van der Waals surface area contributed by atoms with Gasteiger partial charge in [0.2, 0.25) is 0 Å². The first-order valence-electron chi connectivity index (χ1n) is 8.79. The molecule has 1 aromatic carbocycles. The van der Waals surface area contributed by atoms with Gasteiger partial charge in [-0.25, -0.2) is 4.98 Å². The van der Waals surface area contributed by atoms with E-state index in [4.69, 9.17) is 10.2 Å². The lowest BCUT2D eigenvalue weighted by atomic mass is 10.1. The van der Waals surface area contributed by atoms with E-state index in [0.29, 0.717) is 0 Å². The van der Waals surface area contributed by atoms with Crippen LogP contribution in [0.3, 0.4) is 0 Å². The Morgan fingerprint density at radius 2 is 1.92 bits per heavy atom. The summed E-state index contributed by atoms with van der Waals surface area (Å²) in [5.74, 6) is 1.17. The molecule has 3 heterocycles. The van der Waals surface area contributed by atoms with Crippen LogP contribution in [0.1, 0.15) is 35.5 Å². The summed E-state index contributed by atoms with van der Waals surface area (Å²) in [6, 6.07) is 10.1. The van der Waals surface area contributed by atoms with E-state index < -0.39 is 0 Å². The fraction of sp³-hybridized carbons (Fsp3) is 0.474. The van der Waals surface area contributed by atoms with Crippen molar-refractivity contribution in [1.29, 1.82) is 5.26 Å². The molecule has 4 rings (SSSR count). The second-order valence-electron chi connectivity index (χ2n) is 6.85. The maximum absolute atomic E-state index is 9.04. The van der Waals surface area contributed by atoms with Gasteiger partial charge in [-0.05, 0) is 43.6 Å². The lowest BCUT2D eigenvalue weighted by Crippen LogP contribution is -2.33. The van der Waals surface area contributed by atoms with Crippen molar-refractivity contribution in [3.63, 3.8) is 0 Å². The Kier molecular flexibility index (Phi) is 4.33. The van der Waals surface area contributed by atoms with Crippen LogP contribution in [0.4, 0.5) is 0 Å². The van der Waals surface area contributed by atoms with E-state index in [2.05, 4.69) is 32.7 Å². The molecule has 0 aliphatic carbocycles. The van der Waals surface area contributed by atoms with E-state index in [1.807, 2.05) is 18.2 Å². The number of imidazole rings is 1. The van der Waals surface area contributed by atoms with Crippen molar-refractivity contribution < 1.29 is 0 Å². The number of rotatable bonds is 4. The maximum atomic E-state index is 9.04. The van der Waals surface area contributed by atoms with E-state index >= 15 is 0 Å². The van der Waals surface area contributed by atoms with Crippen LogP contribution in [-0.4, -0.2) is 39.0 Å². The van der Waals surface area contributed by atoms with E-state index in [1.165, 1.54) is 43.0 Å². The molecule has 0 amide bonds. The van der Waals surface area contributed by atoms with E-state index in [1.54, 1.807) is 0 Å². The van der Waals surface area contributed by atoms with Gasteiger partial charge in [0.05, 0.1) is 23.9 Å². The highest BCUT2D eigenvalue weighted by Crippen LogP contribution is 2.18. The highest BCUT2D eigenvalue weighted by Gasteiger charge is 2.20. The number of benzene rings is 1. The molecule has 124 valence electrons. The predicted molar refractivity (Wildman–Crippen MR) is 92.0 cm³/mol. The smallest absolute Gasteiger partial charge is 0.123 e. The Hall–Kier alpha value is -2.16. The fourth-order valence-corrected chi connectivity index (χ4v) is 3.74. The summed E-state index contributed by atoms with van der Waals surface area (Å²) in [7, 11) is 0. The third-order valence-electron chi connectivity index (χ3n) is 4.98. The summed E-state index contributed by atoms with van der Waals surface area (Å²) in [6.45, 7) is 7.21. The van der Waals surface area contributed by atoms with Gasteiger partial charge in [-0.2, -0.15) is 5.26 Å². The zero-order valence-corrected chi connectivity index (χ0v) is 14.0. The molecule has 1 aromatic heterocycles. The van der Waals surface area contributed by atoms with Gasteiger partial charge >= 0.3 is 0 Å². The molecule has 2 aromatic rings. The molecule has 1 saturated heterocycles. The molecule has 0 bridgehead atoms. The van der Waals surface area contributed by atoms with Crippen LogP contribution < -0.4 is 0 Å². The topological polar surface area (TPSA) is 48.1 Å². The van der Waals surface area contributed by atoms with Crippen molar-refractivity contribution in [3.8, 4) is 6.07 Å². The zero-order chi connectivity index (χ0) is 16.4. The summed E-state index contributed by atoms with van der Waals surface area (Å²) in [5, 5.41) is 9.04. The average molecular weight is 321 g/mol. The Morgan fingerprint density at radius 1 is 1.04 bits per heavy atom. The van der Waals surface area contributed by atoms with Crippen LogP contribution in [0.2, 0.25) is 0 Å². The van der Waals surface area contributed by atoms with Gasteiger partial charge in [-0.1, -0.05) is 12.1 Å². The number of nitriles is 1. The molecule has 0 unspecified atom stereocenters. The average Bonchev–Trinajstić information content (AvgIpc) is 3.24. The molecule has 5 nitrogen and oxygen atoms in total. The predicted octanol–water partition coefficient (Wildman–Crippen LogP) is 2.37. The third-order valence-corrected chi connectivity index (χ3v) is 4.98. The SMILES string of the molecule is N#Cc1cccc(CN2CCn3cc(CN4CCCC4)nc3C2)c1. The standard InChI is InChI=1S/C19H23N5/c20-11-16-4-3-5-17(10-16)12-23-8-9-24-14-18(21-19(24)15-23)13-22-6-1-2-7-22/h3-5,10,14H,1-2,6-9,12-13,15H2. The van der Waals surface area contributed by atoms with Crippen molar-refractivity contribution in [1.82, 2.24) is 19.4 Å². The minimum atomic E-state index is 0.735. The Labute approximate surface area is 143 Å². The van der Waals surface area contributed by atoms with Crippen LogP contribution in [0.5, 0.6) is 0 Å². The van der Waals surface area contributed by atoms with Gasteiger partial charge in [0.15, 0.2) is 0 Å². The minimum absolute atomic E-state index is 0.735. The first-order chi connectivity index (χ1) is 11.8. The quantitative estimate of drug-likeness (QED) is 0.867. The molecule has 0 N–H and O–H groups in total. The van der Waals surface area contributed by atoms with E-state index in [9.17, 15) is 0 Å². The lowest BCUT2D eigenvalue weighted by molar-refractivity contribution is 0.209. The fourth-order valence-electron chi connectivity index (χ4n) is 3.74. The molecular formula is C19H23N5. The number of hydrogen-bond acceptors (Lipinski definition) is 4. The van der Waals surface area contributed by atoms with Crippen LogP contribution in [0.15, 0.2) is 30.5 Å². The Bertz CT molecular complexity index is 751. The molecule has 0 spiro atoms.